The van der Waals surface area contributed by atoms with E-state index in [0.717, 1.165) is 12.1 Å². The number of amides is 3. The van der Waals surface area contributed by atoms with Gasteiger partial charge in [0.15, 0.2) is 0 Å². The molecule has 1 aliphatic heterocycles. The lowest BCUT2D eigenvalue weighted by atomic mass is 10.1. The molecule has 2 aromatic rings. The van der Waals surface area contributed by atoms with Gasteiger partial charge in [-0.25, -0.2) is 0 Å². The van der Waals surface area contributed by atoms with Gasteiger partial charge in [0.25, 0.3) is 17.5 Å². The first kappa shape index (κ1) is 20.9. The predicted octanol–water partition coefficient (Wildman–Crippen LogP) is 2.99. The topological polar surface area (TPSA) is 128 Å². The molecule has 1 fully saturated rings. The molecule has 1 aliphatic rings. The van der Waals surface area contributed by atoms with Gasteiger partial charge < -0.3 is 9.47 Å². The molecule has 3 rings (SSSR count). The van der Waals surface area contributed by atoms with Gasteiger partial charge in [-0.2, -0.15) is 5.01 Å². The SMILES string of the molecule is COc1ccc(/C=C2\SC(=O)N(NC(=O)c3ccc([N+](=O)[O-])cc3)C2=O)c(OC)c1. The van der Waals surface area contributed by atoms with E-state index in [0.29, 0.717) is 33.8 Å². The summed E-state index contributed by atoms with van der Waals surface area (Å²) in [6.45, 7) is 0. The van der Waals surface area contributed by atoms with Crippen LogP contribution in [0.5, 0.6) is 11.5 Å². The van der Waals surface area contributed by atoms with Crippen molar-refractivity contribution in [3.8, 4) is 11.5 Å². The van der Waals surface area contributed by atoms with Gasteiger partial charge in [-0.1, -0.05) is 0 Å². The van der Waals surface area contributed by atoms with E-state index in [4.69, 9.17) is 9.47 Å². The van der Waals surface area contributed by atoms with Crippen LogP contribution < -0.4 is 14.9 Å². The molecule has 1 saturated heterocycles. The number of hydrogen-bond acceptors (Lipinski definition) is 8. The van der Waals surface area contributed by atoms with Crippen molar-refractivity contribution in [2.45, 2.75) is 0 Å². The molecular weight excluding hydrogens is 414 g/mol. The molecule has 0 bridgehead atoms. The molecule has 10 nitrogen and oxygen atoms in total. The smallest absolute Gasteiger partial charge is 0.312 e. The van der Waals surface area contributed by atoms with Crippen molar-refractivity contribution in [2.24, 2.45) is 0 Å². The number of thioether (sulfide) groups is 1. The number of hydrazine groups is 1. The monoisotopic (exact) mass is 429 g/mol. The lowest BCUT2D eigenvalue weighted by Gasteiger charge is -2.13. The summed E-state index contributed by atoms with van der Waals surface area (Å²) in [5.74, 6) is -0.461. The summed E-state index contributed by atoms with van der Waals surface area (Å²) in [6.07, 6.45) is 1.47. The molecule has 154 valence electrons. The Morgan fingerprint density at radius 2 is 1.83 bits per heavy atom. The Hall–Kier alpha value is -3.86. The number of benzene rings is 2. The van der Waals surface area contributed by atoms with Crippen molar-refractivity contribution in [1.29, 1.82) is 0 Å². The van der Waals surface area contributed by atoms with E-state index in [1.807, 2.05) is 0 Å². The minimum absolute atomic E-state index is 0.0560. The number of nitro groups is 1. The molecule has 0 aliphatic carbocycles. The number of ether oxygens (including phenoxy) is 2. The van der Waals surface area contributed by atoms with Gasteiger partial charge >= 0.3 is 5.24 Å². The van der Waals surface area contributed by atoms with Crippen molar-refractivity contribution in [1.82, 2.24) is 10.4 Å². The third-order valence-corrected chi connectivity index (χ3v) is 4.94. The van der Waals surface area contributed by atoms with Crippen molar-refractivity contribution < 1.29 is 28.8 Å². The molecule has 1 heterocycles. The molecule has 11 heteroatoms. The normalized spacial score (nSPS) is 14.7. The summed E-state index contributed by atoms with van der Waals surface area (Å²) >= 11 is 0.657. The first-order valence-corrected chi connectivity index (χ1v) is 9.21. The molecule has 3 amide bonds. The predicted molar refractivity (Wildman–Crippen MR) is 108 cm³/mol. The van der Waals surface area contributed by atoms with Crippen molar-refractivity contribution in [3.63, 3.8) is 0 Å². The third-order valence-electron chi connectivity index (χ3n) is 4.07. The highest BCUT2D eigenvalue weighted by molar-refractivity contribution is 8.18. The standard InChI is InChI=1S/C19H15N3O7S/c1-28-14-8-5-12(15(10-14)29-2)9-16-18(24)21(19(25)30-16)20-17(23)11-3-6-13(7-4-11)22(26)27/h3-10H,1-2H3,(H,20,23)/b16-9-. The van der Waals surface area contributed by atoms with E-state index in [9.17, 15) is 24.5 Å². The number of nitrogens with one attached hydrogen (secondary N) is 1. The van der Waals surface area contributed by atoms with Gasteiger partial charge in [0.1, 0.15) is 11.5 Å². The summed E-state index contributed by atoms with van der Waals surface area (Å²) in [6, 6.07) is 9.73. The van der Waals surface area contributed by atoms with Crippen LogP contribution in [-0.4, -0.2) is 41.2 Å². The van der Waals surface area contributed by atoms with Crippen LogP contribution in [0, 0.1) is 10.1 Å². The first-order chi connectivity index (χ1) is 14.3. The number of carbonyl (C=O) groups is 3. The van der Waals surface area contributed by atoms with Crippen molar-refractivity contribution in [2.75, 3.05) is 14.2 Å². The van der Waals surface area contributed by atoms with Crippen LogP contribution in [-0.2, 0) is 4.79 Å². The van der Waals surface area contributed by atoms with Crippen LogP contribution in [0.2, 0.25) is 0 Å². The molecule has 2 aromatic carbocycles. The summed E-state index contributed by atoms with van der Waals surface area (Å²) in [5.41, 5.74) is 2.64. The van der Waals surface area contributed by atoms with Crippen LogP contribution in [0.15, 0.2) is 47.4 Å². The van der Waals surface area contributed by atoms with E-state index in [1.165, 1.54) is 32.4 Å². The minimum atomic E-state index is -0.754. The summed E-state index contributed by atoms with van der Waals surface area (Å²) < 4.78 is 10.4. The molecular formula is C19H15N3O7S. The van der Waals surface area contributed by atoms with Crippen LogP contribution in [0.25, 0.3) is 6.08 Å². The molecule has 0 atom stereocenters. The Balaban J connectivity index is 1.78. The van der Waals surface area contributed by atoms with E-state index in [-0.39, 0.29) is 16.2 Å². The van der Waals surface area contributed by atoms with Gasteiger partial charge in [0, 0.05) is 29.3 Å². The van der Waals surface area contributed by atoms with Gasteiger partial charge in [-0.05, 0) is 42.1 Å². The molecule has 0 aromatic heterocycles. The lowest BCUT2D eigenvalue weighted by molar-refractivity contribution is -0.384. The average molecular weight is 429 g/mol. The maximum absolute atomic E-state index is 12.6. The summed E-state index contributed by atoms with van der Waals surface area (Å²) in [4.78, 5) is 47.3. The maximum Gasteiger partial charge on any atom is 0.312 e. The highest BCUT2D eigenvalue weighted by atomic mass is 32.2. The largest absolute Gasteiger partial charge is 0.497 e. The summed E-state index contributed by atoms with van der Waals surface area (Å²) in [5, 5.41) is 10.6. The third kappa shape index (κ3) is 4.25. The average Bonchev–Trinajstić information content (AvgIpc) is 3.01. The quantitative estimate of drug-likeness (QED) is 0.422. The highest BCUT2D eigenvalue weighted by Gasteiger charge is 2.37. The van der Waals surface area contributed by atoms with Crippen molar-refractivity contribution in [3.05, 3.63) is 68.6 Å². The Bertz CT molecular complexity index is 1070. The van der Waals surface area contributed by atoms with Gasteiger partial charge in [-0.15, -0.1) is 0 Å². The Morgan fingerprint density at radius 3 is 2.43 bits per heavy atom. The lowest BCUT2D eigenvalue weighted by Crippen LogP contribution is -2.44. The molecule has 0 saturated carbocycles. The van der Waals surface area contributed by atoms with Gasteiger partial charge in [0.05, 0.1) is 24.0 Å². The fourth-order valence-electron chi connectivity index (χ4n) is 2.54. The van der Waals surface area contributed by atoms with Gasteiger partial charge in [0.2, 0.25) is 0 Å². The zero-order valence-corrected chi connectivity index (χ0v) is 16.6. The number of nitro benzene ring substituents is 1. The Labute approximate surface area is 174 Å². The molecule has 0 radical (unpaired) electrons. The second kappa shape index (κ2) is 8.66. The Morgan fingerprint density at radius 1 is 1.13 bits per heavy atom. The molecule has 30 heavy (non-hydrogen) atoms. The van der Waals surface area contributed by atoms with E-state index >= 15 is 0 Å². The van der Waals surface area contributed by atoms with Crippen molar-refractivity contribution >= 4 is 40.6 Å². The number of carbonyl (C=O) groups excluding carboxylic acids is 3. The second-order valence-electron chi connectivity index (χ2n) is 5.87. The number of methoxy groups -OCH3 is 2. The fraction of sp³-hybridized carbons (Fsp3) is 0.105. The fourth-order valence-corrected chi connectivity index (χ4v) is 3.32. The molecule has 1 N–H and O–H groups in total. The molecule has 0 unspecified atom stereocenters. The van der Waals surface area contributed by atoms with E-state index in [2.05, 4.69) is 5.43 Å². The van der Waals surface area contributed by atoms with Crippen LogP contribution in [0.3, 0.4) is 0 Å². The minimum Gasteiger partial charge on any atom is -0.497 e. The summed E-state index contributed by atoms with van der Waals surface area (Å²) in [7, 11) is 2.97. The second-order valence-corrected chi connectivity index (χ2v) is 6.86. The van der Waals surface area contributed by atoms with Gasteiger partial charge in [-0.3, -0.25) is 29.9 Å². The number of imide groups is 1. The first-order valence-electron chi connectivity index (χ1n) is 8.39. The number of nitrogens with zero attached hydrogens (tertiary/aromatic N) is 2. The molecule has 0 spiro atoms. The zero-order chi connectivity index (χ0) is 21.8. The number of non-ortho nitro benzene ring substituents is 1. The zero-order valence-electron chi connectivity index (χ0n) is 15.8. The van der Waals surface area contributed by atoms with Crippen LogP contribution >= 0.6 is 11.8 Å². The number of rotatable bonds is 6. The van der Waals surface area contributed by atoms with E-state index < -0.39 is 22.0 Å². The van der Waals surface area contributed by atoms with Crippen LogP contribution in [0.1, 0.15) is 15.9 Å². The van der Waals surface area contributed by atoms with E-state index in [1.54, 1.807) is 18.2 Å². The number of hydrogen-bond donors (Lipinski definition) is 1. The highest BCUT2D eigenvalue weighted by Crippen LogP contribution is 2.34. The maximum atomic E-state index is 12.6. The Kier molecular flexibility index (Phi) is 6.02. The van der Waals surface area contributed by atoms with Crippen LogP contribution in [0.4, 0.5) is 10.5 Å².